The highest BCUT2D eigenvalue weighted by molar-refractivity contribution is 6.99. The second-order valence-corrected chi connectivity index (χ2v) is 13.8. The van der Waals surface area contributed by atoms with Crippen LogP contribution in [0, 0.1) is 5.41 Å². The molecule has 146 valence electrons. The summed E-state index contributed by atoms with van der Waals surface area (Å²) in [6.45, 7) is 15.0. The second-order valence-electron chi connectivity index (χ2n) is 9.54. The molecule has 0 aliphatic carbocycles. The van der Waals surface area contributed by atoms with E-state index >= 15 is 0 Å². The molecule has 0 N–H and O–H groups in total. The highest BCUT2D eigenvalue weighted by Gasteiger charge is 2.52. The largest absolute Gasteiger partial charge is 0.403 e. The smallest absolute Gasteiger partial charge is 0.261 e. The number of ketones is 1. The molecule has 2 aromatic rings. The average Bonchev–Trinajstić information content (AvgIpc) is 2.58. The van der Waals surface area contributed by atoms with Gasteiger partial charge in [-0.3, -0.25) is 4.79 Å². The van der Waals surface area contributed by atoms with E-state index in [1.54, 1.807) is 6.92 Å². The van der Waals surface area contributed by atoms with Crippen LogP contribution in [0.1, 0.15) is 54.9 Å². The van der Waals surface area contributed by atoms with E-state index < -0.39 is 8.32 Å². The standard InChI is InChI=1S/C24H34O2Si/c1-19(25)18-22(23(2,3)4)26-27(24(5,6)7,20-14-10-8-11-15-20)21-16-12-9-13-17-21/h8-17,22H,18H2,1-7H3/t22-/m1/s1. The molecule has 0 radical (unpaired) electrons. The van der Waals surface area contributed by atoms with E-state index in [2.05, 4.69) is 90.1 Å². The molecule has 3 heteroatoms. The Morgan fingerprint density at radius 2 is 1.26 bits per heavy atom. The normalized spacial score (nSPS) is 14.0. The number of carbonyl (C=O) groups excluding carboxylic acids is 1. The lowest BCUT2D eigenvalue weighted by molar-refractivity contribution is -0.120. The summed E-state index contributed by atoms with van der Waals surface area (Å²) >= 11 is 0. The molecule has 0 unspecified atom stereocenters. The van der Waals surface area contributed by atoms with Crippen LogP contribution in [0.4, 0.5) is 0 Å². The van der Waals surface area contributed by atoms with Crippen LogP contribution in [0.5, 0.6) is 0 Å². The Kier molecular flexibility index (Phi) is 6.49. The predicted octanol–water partition coefficient (Wildman–Crippen LogP) is 4.96. The zero-order valence-corrected chi connectivity index (χ0v) is 18.9. The lowest BCUT2D eigenvalue weighted by Gasteiger charge is -2.47. The Hall–Kier alpha value is -1.71. The molecule has 0 spiro atoms. The van der Waals surface area contributed by atoms with Crippen molar-refractivity contribution in [1.29, 1.82) is 0 Å². The summed E-state index contributed by atoms with van der Waals surface area (Å²) in [5.74, 6) is 0.174. The summed E-state index contributed by atoms with van der Waals surface area (Å²) in [4.78, 5) is 12.0. The van der Waals surface area contributed by atoms with Gasteiger partial charge in [0.1, 0.15) is 5.78 Å². The molecule has 1 atom stereocenters. The summed E-state index contributed by atoms with van der Waals surface area (Å²) in [7, 11) is -2.64. The highest BCUT2D eigenvalue weighted by atomic mass is 28.4. The number of Topliss-reactive ketones (excluding diaryl/α,β-unsaturated/α-hetero) is 1. The van der Waals surface area contributed by atoms with Gasteiger partial charge in [-0.05, 0) is 27.8 Å². The molecule has 2 aromatic carbocycles. The lowest BCUT2D eigenvalue weighted by atomic mass is 9.86. The Balaban J connectivity index is 2.73. The molecule has 0 aliphatic heterocycles. The van der Waals surface area contributed by atoms with Gasteiger partial charge in [0.05, 0.1) is 6.10 Å². The van der Waals surface area contributed by atoms with Gasteiger partial charge in [0, 0.05) is 6.42 Å². The van der Waals surface area contributed by atoms with Gasteiger partial charge in [-0.15, -0.1) is 0 Å². The van der Waals surface area contributed by atoms with E-state index in [1.807, 2.05) is 12.1 Å². The molecule has 0 saturated carbocycles. The van der Waals surface area contributed by atoms with Crippen molar-refractivity contribution in [2.75, 3.05) is 0 Å². The van der Waals surface area contributed by atoms with E-state index in [0.717, 1.165) is 0 Å². The molecule has 2 rings (SSSR count). The zero-order chi connectivity index (χ0) is 20.3. The Morgan fingerprint density at radius 3 is 1.56 bits per heavy atom. The molecule has 0 saturated heterocycles. The fourth-order valence-electron chi connectivity index (χ4n) is 3.69. The summed E-state index contributed by atoms with van der Waals surface area (Å²) in [5.41, 5.74) is -0.126. The highest BCUT2D eigenvalue weighted by Crippen LogP contribution is 2.40. The molecule has 0 heterocycles. The van der Waals surface area contributed by atoms with Crippen molar-refractivity contribution in [1.82, 2.24) is 0 Å². The first-order valence-corrected chi connectivity index (χ1v) is 11.7. The maximum absolute atomic E-state index is 12.0. The van der Waals surface area contributed by atoms with Gasteiger partial charge in [-0.2, -0.15) is 0 Å². The van der Waals surface area contributed by atoms with Crippen molar-refractivity contribution >= 4 is 24.5 Å². The lowest BCUT2D eigenvalue weighted by Crippen LogP contribution is -2.68. The van der Waals surface area contributed by atoms with Crippen LogP contribution in [0.15, 0.2) is 60.7 Å². The average molecular weight is 383 g/mol. The number of hydrogen-bond acceptors (Lipinski definition) is 2. The summed E-state index contributed by atoms with van der Waals surface area (Å²) < 4.78 is 7.17. The number of benzene rings is 2. The van der Waals surface area contributed by atoms with Crippen molar-refractivity contribution < 1.29 is 9.22 Å². The van der Waals surface area contributed by atoms with Gasteiger partial charge in [0.15, 0.2) is 0 Å². The topological polar surface area (TPSA) is 26.3 Å². The first kappa shape index (κ1) is 21.6. The number of carbonyl (C=O) groups is 1. The third kappa shape index (κ3) is 4.77. The van der Waals surface area contributed by atoms with Crippen LogP contribution < -0.4 is 10.4 Å². The molecule has 0 bridgehead atoms. The third-order valence-electron chi connectivity index (χ3n) is 5.17. The SMILES string of the molecule is CC(=O)C[C@@H](O[Si](c1ccccc1)(c1ccccc1)C(C)(C)C)C(C)(C)C. The minimum atomic E-state index is -2.64. The first-order valence-electron chi connectivity index (χ1n) is 9.77. The second kappa shape index (κ2) is 8.11. The quantitative estimate of drug-likeness (QED) is 0.660. The zero-order valence-electron chi connectivity index (χ0n) is 17.9. The van der Waals surface area contributed by atoms with Gasteiger partial charge in [-0.1, -0.05) is 102 Å². The van der Waals surface area contributed by atoms with Crippen LogP contribution in [0.25, 0.3) is 0 Å². The summed E-state index contributed by atoms with van der Waals surface area (Å²) in [6, 6.07) is 21.2. The van der Waals surface area contributed by atoms with E-state index in [4.69, 9.17) is 4.43 Å². The Morgan fingerprint density at radius 1 is 0.852 bits per heavy atom. The van der Waals surface area contributed by atoms with Crippen LogP contribution >= 0.6 is 0 Å². The summed E-state index contributed by atoms with van der Waals surface area (Å²) in [5, 5.41) is 2.42. The van der Waals surface area contributed by atoms with Crippen molar-refractivity contribution in [3.05, 3.63) is 60.7 Å². The van der Waals surface area contributed by atoms with Crippen molar-refractivity contribution in [3.8, 4) is 0 Å². The molecule has 0 aromatic heterocycles. The molecule has 2 nitrogen and oxygen atoms in total. The Labute approximate surface area is 166 Å². The predicted molar refractivity (Wildman–Crippen MR) is 117 cm³/mol. The van der Waals surface area contributed by atoms with Gasteiger partial charge in [0.2, 0.25) is 0 Å². The third-order valence-corrected chi connectivity index (χ3v) is 10.2. The fourth-order valence-corrected chi connectivity index (χ4v) is 8.57. The number of hydrogen-bond donors (Lipinski definition) is 0. The van der Waals surface area contributed by atoms with Gasteiger partial charge < -0.3 is 4.43 Å². The fraction of sp³-hybridized carbons (Fsp3) is 0.458. The summed E-state index contributed by atoms with van der Waals surface area (Å²) in [6.07, 6.45) is 0.301. The molecule has 27 heavy (non-hydrogen) atoms. The van der Waals surface area contributed by atoms with Crippen LogP contribution in [-0.2, 0) is 9.22 Å². The monoisotopic (exact) mass is 382 g/mol. The van der Waals surface area contributed by atoms with Gasteiger partial charge in [-0.25, -0.2) is 0 Å². The number of rotatable bonds is 6. The molecular weight excluding hydrogens is 348 g/mol. The minimum absolute atomic E-state index is 0.0873. The van der Waals surface area contributed by atoms with Crippen LogP contribution in [0.3, 0.4) is 0 Å². The van der Waals surface area contributed by atoms with Crippen molar-refractivity contribution in [2.24, 2.45) is 5.41 Å². The maximum Gasteiger partial charge on any atom is 0.261 e. The first-order chi connectivity index (χ1) is 12.5. The van der Waals surface area contributed by atoms with E-state index in [0.29, 0.717) is 6.42 Å². The van der Waals surface area contributed by atoms with Crippen molar-refractivity contribution in [3.63, 3.8) is 0 Å². The minimum Gasteiger partial charge on any atom is -0.403 e. The maximum atomic E-state index is 12.0. The van der Waals surface area contributed by atoms with Crippen LogP contribution in [-0.4, -0.2) is 20.2 Å². The molecular formula is C24H34O2Si. The van der Waals surface area contributed by atoms with Gasteiger partial charge in [0.25, 0.3) is 8.32 Å². The Bertz CT molecular complexity index is 700. The van der Waals surface area contributed by atoms with Crippen molar-refractivity contribution in [2.45, 2.75) is 66.0 Å². The van der Waals surface area contributed by atoms with E-state index in [9.17, 15) is 4.79 Å². The molecule has 0 aliphatic rings. The van der Waals surface area contributed by atoms with Crippen LogP contribution in [0.2, 0.25) is 5.04 Å². The molecule has 0 fully saturated rings. The van der Waals surface area contributed by atoms with Gasteiger partial charge >= 0.3 is 0 Å². The van der Waals surface area contributed by atoms with E-state index in [-0.39, 0.29) is 22.3 Å². The molecule has 0 amide bonds. The van der Waals surface area contributed by atoms with E-state index in [1.165, 1.54) is 10.4 Å².